The normalized spacial score (nSPS) is 19.0. The Bertz CT molecular complexity index is 1020. The number of fused-ring (bicyclic) bond motifs is 1. The first-order valence-electron chi connectivity index (χ1n) is 11.4. The van der Waals surface area contributed by atoms with Crippen LogP contribution in [-0.2, 0) is 32.5 Å². The maximum absolute atomic E-state index is 13.0. The van der Waals surface area contributed by atoms with Crippen molar-refractivity contribution in [2.75, 3.05) is 26.3 Å². The highest BCUT2D eigenvalue weighted by atomic mass is 32.2. The number of nitrogens with zero attached hydrogens (tertiary/aromatic N) is 3. The number of imidazole rings is 1. The van der Waals surface area contributed by atoms with Gasteiger partial charge in [-0.1, -0.05) is 19.3 Å². The molecule has 1 aromatic heterocycles. The summed E-state index contributed by atoms with van der Waals surface area (Å²) in [5.41, 5.74) is 1.55. The first kappa shape index (κ1) is 22.2. The molecule has 1 aromatic carbocycles. The Balaban J connectivity index is 1.49. The second-order valence-electron chi connectivity index (χ2n) is 8.34. The van der Waals surface area contributed by atoms with E-state index in [9.17, 15) is 13.2 Å². The Hall–Kier alpha value is -1.97. The number of morpholine rings is 1. The SMILES string of the molecule is CCn1c(CCC(=O)NC2CCCCC2)nc2cc(S(=O)(=O)N3CCOCC3)ccc21. The van der Waals surface area contributed by atoms with Gasteiger partial charge in [0.05, 0.1) is 29.1 Å². The van der Waals surface area contributed by atoms with Gasteiger partial charge in [0.1, 0.15) is 5.82 Å². The molecule has 0 unspecified atom stereocenters. The van der Waals surface area contributed by atoms with E-state index in [2.05, 4.69) is 9.88 Å². The molecule has 1 aliphatic carbocycles. The second-order valence-corrected chi connectivity index (χ2v) is 10.3. The molecule has 0 spiro atoms. The molecule has 1 N–H and O–H groups in total. The molecule has 0 atom stereocenters. The fourth-order valence-electron chi connectivity index (χ4n) is 4.57. The van der Waals surface area contributed by atoms with Crippen molar-refractivity contribution in [1.29, 1.82) is 0 Å². The predicted molar refractivity (Wildman–Crippen MR) is 118 cm³/mol. The number of ether oxygens (including phenoxy) is 1. The summed E-state index contributed by atoms with van der Waals surface area (Å²) in [6, 6.07) is 5.43. The van der Waals surface area contributed by atoms with Gasteiger partial charge in [-0.05, 0) is 38.0 Å². The lowest BCUT2D eigenvalue weighted by Gasteiger charge is -2.26. The van der Waals surface area contributed by atoms with Gasteiger partial charge in [-0.2, -0.15) is 4.31 Å². The van der Waals surface area contributed by atoms with Gasteiger partial charge in [-0.3, -0.25) is 4.79 Å². The number of carbonyl (C=O) groups excluding carboxylic acids is 1. The number of nitrogens with one attached hydrogen (secondary N) is 1. The zero-order valence-electron chi connectivity index (χ0n) is 18.2. The minimum Gasteiger partial charge on any atom is -0.379 e. The molecular formula is C22H32N4O4S. The molecule has 2 heterocycles. The van der Waals surface area contributed by atoms with E-state index in [0.717, 1.165) is 24.2 Å². The number of aromatic nitrogens is 2. The number of aryl methyl sites for hydroxylation is 2. The molecule has 8 nitrogen and oxygen atoms in total. The molecule has 31 heavy (non-hydrogen) atoms. The number of sulfonamides is 1. The van der Waals surface area contributed by atoms with E-state index in [1.165, 1.54) is 23.6 Å². The van der Waals surface area contributed by atoms with Gasteiger partial charge in [0.25, 0.3) is 0 Å². The van der Waals surface area contributed by atoms with Crippen molar-refractivity contribution in [2.45, 2.75) is 69.4 Å². The van der Waals surface area contributed by atoms with Gasteiger partial charge >= 0.3 is 0 Å². The molecule has 1 aliphatic heterocycles. The van der Waals surface area contributed by atoms with Crippen LogP contribution < -0.4 is 5.32 Å². The Labute approximate surface area is 184 Å². The van der Waals surface area contributed by atoms with Gasteiger partial charge in [0.2, 0.25) is 15.9 Å². The number of rotatable bonds is 7. The first-order valence-corrected chi connectivity index (χ1v) is 12.8. The topological polar surface area (TPSA) is 93.5 Å². The van der Waals surface area contributed by atoms with Crippen LogP contribution in [0.1, 0.15) is 51.3 Å². The molecule has 0 bridgehead atoms. The molecule has 170 valence electrons. The average molecular weight is 449 g/mol. The largest absolute Gasteiger partial charge is 0.379 e. The molecule has 1 saturated carbocycles. The molecule has 0 radical (unpaired) electrons. The summed E-state index contributed by atoms with van der Waals surface area (Å²) in [7, 11) is -3.57. The third-order valence-electron chi connectivity index (χ3n) is 6.27. The van der Waals surface area contributed by atoms with E-state index in [-0.39, 0.29) is 10.8 Å². The van der Waals surface area contributed by atoms with Crippen molar-refractivity contribution in [3.63, 3.8) is 0 Å². The second kappa shape index (κ2) is 9.67. The molecule has 2 aliphatic rings. The summed E-state index contributed by atoms with van der Waals surface area (Å²) in [6.07, 6.45) is 6.69. The lowest BCUT2D eigenvalue weighted by molar-refractivity contribution is -0.122. The average Bonchev–Trinajstić information content (AvgIpc) is 3.15. The van der Waals surface area contributed by atoms with Crippen molar-refractivity contribution < 1.29 is 17.9 Å². The van der Waals surface area contributed by atoms with E-state index in [0.29, 0.717) is 57.2 Å². The summed E-state index contributed by atoms with van der Waals surface area (Å²) in [4.78, 5) is 17.4. The van der Waals surface area contributed by atoms with Crippen molar-refractivity contribution in [1.82, 2.24) is 19.2 Å². The maximum Gasteiger partial charge on any atom is 0.243 e. The van der Waals surface area contributed by atoms with Gasteiger partial charge in [-0.15, -0.1) is 0 Å². The first-order chi connectivity index (χ1) is 15.0. The van der Waals surface area contributed by atoms with Crippen LogP contribution in [0.3, 0.4) is 0 Å². The molecule has 4 rings (SSSR count). The highest BCUT2D eigenvalue weighted by molar-refractivity contribution is 7.89. The third kappa shape index (κ3) is 4.94. The molecule has 2 fully saturated rings. The summed E-state index contributed by atoms with van der Waals surface area (Å²) < 4.78 is 34.8. The number of hydrogen-bond donors (Lipinski definition) is 1. The smallest absolute Gasteiger partial charge is 0.243 e. The summed E-state index contributed by atoms with van der Waals surface area (Å²) in [5, 5.41) is 3.15. The molecule has 1 amide bonds. The Morgan fingerprint density at radius 2 is 1.94 bits per heavy atom. The molecule has 2 aromatic rings. The molecule has 1 saturated heterocycles. The van der Waals surface area contributed by atoms with E-state index in [4.69, 9.17) is 9.72 Å². The zero-order valence-corrected chi connectivity index (χ0v) is 19.0. The van der Waals surface area contributed by atoms with Crippen LogP contribution >= 0.6 is 0 Å². The van der Waals surface area contributed by atoms with Crippen LogP contribution in [0.25, 0.3) is 11.0 Å². The Morgan fingerprint density at radius 1 is 1.19 bits per heavy atom. The molecule has 9 heteroatoms. The van der Waals surface area contributed by atoms with E-state index < -0.39 is 10.0 Å². The van der Waals surface area contributed by atoms with E-state index in [1.807, 2.05) is 13.0 Å². The third-order valence-corrected chi connectivity index (χ3v) is 8.16. The highest BCUT2D eigenvalue weighted by Gasteiger charge is 2.27. The predicted octanol–water partition coefficient (Wildman–Crippen LogP) is 2.46. The fraction of sp³-hybridized carbons (Fsp3) is 0.636. The van der Waals surface area contributed by atoms with E-state index in [1.54, 1.807) is 12.1 Å². The van der Waals surface area contributed by atoms with Crippen LogP contribution in [-0.4, -0.2) is 60.5 Å². The fourth-order valence-corrected chi connectivity index (χ4v) is 6.00. The van der Waals surface area contributed by atoms with Crippen LogP contribution in [0.4, 0.5) is 0 Å². The van der Waals surface area contributed by atoms with E-state index >= 15 is 0 Å². The minimum absolute atomic E-state index is 0.0668. The summed E-state index contributed by atoms with van der Waals surface area (Å²) in [6.45, 7) is 4.31. The highest BCUT2D eigenvalue weighted by Crippen LogP contribution is 2.24. The van der Waals surface area contributed by atoms with Crippen LogP contribution in [0.15, 0.2) is 23.1 Å². The Morgan fingerprint density at radius 3 is 2.65 bits per heavy atom. The minimum atomic E-state index is -3.57. The van der Waals surface area contributed by atoms with Crippen molar-refractivity contribution >= 4 is 27.0 Å². The van der Waals surface area contributed by atoms with Crippen LogP contribution in [0.5, 0.6) is 0 Å². The van der Waals surface area contributed by atoms with Gasteiger partial charge in [-0.25, -0.2) is 13.4 Å². The van der Waals surface area contributed by atoms with Gasteiger partial charge < -0.3 is 14.6 Å². The van der Waals surface area contributed by atoms with Crippen LogP contribution in [0, 0.1) is 0 Å². The van der Waals surface area contributed by atoms with Gasteiger partial charge in [0, 0.05) is 38.5 Å². The zero-order chi connectivity index (χ0) is 21.8. The van der Waals surface area contributed by atoms with Crippen molar-refractivity contribution in [2.24, 2.45) is 0 Å². The number of carbonyl (C=O) groups is 1. The Kier molecular flexibility index (Phi) is 6.93. The van der Waals surface area contributed by atoms with Crippen molar-refractivity contribution in [3.8, 4) is 0 Å². The summed E-state index contributed by atoms with van der Waals surface area (Å²) >= 11 is 0. The molecular weight excluding hydrogens is 416 g/mol. The summed E-state index contributed by atoms with van der Waals surface area (Å²) in [5.74, 6) is 0.884. The number of hydrogen-bond acceptors (Lipinski definition) is 5. The lowest BCUT2D eigenvalue weighted by Crippen LogP contribution is -2.40. The maximum atomic E-state index is 13.0. The number of amides is 1. The van der Waals surface area contributed by atoms with Crippen molar-refractivity contribution in [3.05, 3.63) is 24.0 Å². The quantitative estimate of drug-likeness (QED) is 0.702. The monoisotopic (exact) mass is 448 g/mol. The lowest BCUT2D eigenvalue weighted by atomic mass is 9.95. The standard InChI is InChI=1S/C22H32N4O4S/c1-2-26-20-9-8-18(31(28,29)25-12-14-30-15-13-25)16-19(20)24-21(26)10-11-22(27)23-17-6-4-3-5-7-17/h8-9,16-17H,2-7,10-15H2,1H3,(H,23,27). The van der Waals surface area contributed by atoms with Gasteiger partial charge in [0.15, 0.2) is 0 Å². The van der Waals surface area contributed by atoms with Crippen LogP contribution in [0.2, 0.25) is 0 Å². The number of benzene rings is 1.